The largest absolute Gasteiger partial charge is 0.337 e. The van der Waals surface area contributed by atoms with Crippen molar-refractivity contribution in [3.05, 3.63) is 59.2 Å². The molecule has 6 nitrogen and oxygen atoms in total. The average molecular weight is 367 g/mol. The molecule has 2 rings (SSSR count). The van der Waals surface area contributed by atoms with Crippen molar-refractivity contribution >= 4 is 29.1 Å². The summed E-state index contributed by atoms with van der Waals surface area (Å²) >= 11 is 0. The SMILES string of the molecule is CCc1ccc(CN(C)C(=O)c2cc(NC(C)=O)cc(NC(C)=O)c2)cc1. The second-order valence-electron chi connectivity index (χ2n) is 6.49. The number of nitrogens with one attached hydrogen (secondary N) is 2. The molecule has 6 heteroatoms. The van der Waals surface area contributed by atoms with E-state index in [9.17, 15) is 14.4 Å². The van der Waals surface area contributed by atoms with Gasteiger partial charge in [0.2, 0.25) is 11.8 Å². The number of anilines is 2. The molecule has 0 fully saturated rings. The van der Waals surface area contributed by atoms with Crippen LogP contribution in [0.25, 0.3) is 0 Å². The zero-order chi connectivity index (χ0) is 20.0. The van der Waals surface area contributed by atoms with Crippen LogP contribution in [-0.2, 0) is 22.6 Å². The summed E-state index contributed by atoms with van der Waals surface area (Å²) in [6.45, 7) is 5.33. The number of hydrogen-bond acceptors (Lipinski definition) is 3. The van der Waals surface area contributed by atoms with Gasteiger partial charge in [-0.15, -0.1) is 0 Å². The molecule has 142 valence electrons. The summed E-state index contributed by atoms with van der Waals surface area (Å²) in [6, 6.07) is 13.0. The van der Waals surface area contributed by atoms with Crippen LogP contribution in [0.4, 0.5) is 11.4 Å². The summed E-state index contributed by atoms with van der Waals surface area (Å²) < 4.78 is 0. The van der Waals surface area contributed by atoms with Crippen LogP contribution in [0.2, 0.25) is 0 Å². The predicted molar refractivity (Wildman–Crippen MR) is 107 cm³/mol. The van der Waals surface area contributed by atoms with Crippen LogP contribution < -0.4 is 10.6 Å². The highest BCUT2D eigenvalue weighted by Gasteiger charge is 2.15. The van der Waals surface area contributed by atoms with Gasteiger partial charge in [0.1, 0.15) is 0 Å². The van der Waals surface area contributed by atoms with Crippen LogP contribution in [0.15, 0.2) is 42.5 Å². The molecule has 0 aromatic heterocycles. The molecule has 0 unspecified atom stereocenters. The molecule has 2 N–H and O–H groups in total. The van der Waals surface area contributed by atoms with Crippen LogP contribution in [0.5, 0.6) is 0 Å². The molecule has 0 spiro atoms. The Kier molecular flexibility index (Phi) is 6.71. The number of nitrogens with zero attached hydrogens (tertiary/aromatic N) is 1. The van der Waals surface area contributed by atoms with Crippen molar-refractivity contribution in [3.63, 3.8) is 0 Å². The van der Waals surface area contributed by atoms with E-state index in [-0.39, 0.29) is 17.7 Å². The lowest BCUT2D eigenvalue weighted by Crippen LogP contribution is -2.26. The van der Waals surface area contributed by atoms with Gasteiger partial charge in [0, 0.05) is 44.4 Å². The molecule has 0 aliphatic heterocycles. The average Bonchev–Trinajstić information content (AvgIpc) is 2.60. The van der Waals surface area contributed by atoms with Crippen molar-refractivity contribution in [1.82, 2.24) is 4.90 Å². The topological polar surface area (TPSA) is 78.5 Å². The van der Waals surface area contributed by atoms with Gasteiger partial charge in [-0.3, -0.25) is 14.4 Å². The second kappa shape index (κ2) is 8.98. The molecule has 0 heterocycles. The van der Waals surface area contributed by atoms with Gasteiger partial charge in [0.25, 0.3) is 5.91 Å². The maximum absolute atomic E-state index is 12.8. The third-order valence-corrected chi connectivity index (χ3v) is 4.02. The standard InChI is InChI=1S/C21H25N3O3/c1-5-16-6-8-17(9-7-16)13-24(4)21(27)18-10-19(22-14(2)25)12-20(11-18)23-15(3)26/h6-12H,5,13H2,1-4H3,(H,22,25)(H,23,26). The molecule has 0 saturated carbocycles. The Morgan fingerprint density at radius 1 is 0.852 bits per heavy atom. The molecule has 0 aliphatic rings. The molecule has 3 amide bonds. The van der Waals surface area contributed by atoms with Gasteiger partial charge in [-0.1, -0.05) is 31.2 Å². The third-order valence-electron chi connectivity index (χ3n) is 4.02. The highest BCUT2D eigenvalue weighted by atomic mass is 16.2. The Bertz CT molecular complexity index is 810. The predicted octanol–water partition coefficient (Wildman–Crippen LogP) is 3.44. The zero-order valence-corrected chi connectivity index (χ0v) is 16.1. The summed E-state index contributed by atoms with van der Waals surface area (Å²) in [5.41, 5.74) is 3.58. The first-order valence-corrected chi connectivity index (χ1v) is 8.82. The van der Waals surface area contributed by atoms with E-state index >= 15 is 0 Å². The van der Waals surface area contributed by atoms with Crippen LogP contribution in [-0.4, -0.2) is 29.7 Å². The van der Waals surface area contributed by atoms with Crippen molar-refractivity contribution in [3.8, 4) is 0 Å². The monoisotopic (exact) mass is 367 g/mol. The van der Waals surface area contributed by atoms with Crippen LogP contribution in [0.3, 0.4) is 0 Å². The van der Waals surface area contributed by atoms with Crippen LogP contribution in [0, 0.1) is 0 Å². The van der Waals surface area contributed by atoms with Gasteiger partial charge in [-0.2, -0.15) is 0 Å². The van der Waals surface area contributed by atoms with Gasteiger partial charge in [0.15, 0.2) is 0 Å². The van der Waals surface area contributed by atoms with Crippen molar-refractivity contribution < 1.29 is 14.4 Å². The lowest BCUT2D eigenvalue weighted by atomic mass is 10.1. The fourth-order valence-corrected chi connectivity index (χ4v) is 2.75. The normalized spacial score (nSPS) is 10.2. The molecule has 0 saturated heterocycles. The molecule has 0 bridgehead atoms. The van der Waals surface area contributed by atoms with Gasteiger partial charge in [-0.05, 0) is 35.7 Å². The molecule has 2 aromatic carbocycles. The fraction of sp³-hybridized carbons (Fsp3) is 0.286. The molecule has 0 atom stereocenters. The van der Waals surface area contributed by atoms with E-state index in [4.69, 9.17) is 0 Å². The number of amides is 3. The summed E-state index contributed by atoms with van der Waals surface area (Å²) in [5.74, 6) is -0.705. The smallest absolute Gasteiger partial charge is 0.254 e. The van der Waals surface area contributed by atoms with E-state index in [1.807, 2.05) is 12.1 Å². The third kappa shape index (κ3) is 5.95. The Labute approximate surface area is 159 Å². The van der Waals surface area contributed by atoms with Gasteiger partial charge in [-0.25, -0.2) is 0 Å². The summed E-state index contributed by atoms with van der Waals surface area (Å²) in [7, 11) is 1.72. The lowest BCUT2D eigenvalue weighted by molar-refractivity contribution is -0.115. The zero-order valence-electron chi connectivity index (χ0n) is 16.1. The number of hydrogen-bond donors (Lipinski definition) is 2. The molecule has 0 radical (unpaired) electrons. The minimum Gasteiger partial charge on any atom is -0.337 e. The highest BCUT2D eigenvalue weighted by Crippen LogP contribution is 2.21. The van der Waals surface area contributed by atoms with E-state index in [0.717, 1.165) is 12.0 Å². The van der Waals surface area contributed by atoms with Crippen molar-refractivity contribution in [2.75, 3.05) is 17.7 Å². The molecule has 27 heavy (non-hydrogen) atoms. The lowest BCUT2D eigenvalue weighted by Gasteiger charge is -2.19. The Balaban J connectivity index is 2.23. The van der Waals surface area contributed by atoms with Crippen molar-refractivity contribution in [2.24, 2.45) is 0 Å². The molecule has 0 aliphatic carbocycles. The Morgan fingerprint density at radius 2 is 1.33 bits per heavy atom. The summed E-state index contributed by atoms with van der Waals surface area (Å²) in [5, 5.41) is 5.31. The van der Waals surface area contributed by atoms with Crippen molar-refractivity contribution in [2.45, 2.75) is 33.7 Å². The maximum Gasteiger partial charge on any atom is 0.254 e. The molecular weight excluding hydrogens is 342 g/mol. The van der Waals surface area contributed by atoms with Crippen LogP contribution in [0.1, 0.15) is 42.3 Å². The van der Waals surface area contributed by atoms with Crippen LogP contribution >= 0.6 is 0 Å². The first kappa shape index (κ1) is 20.2. The maximum atomic E-state index is 12.8. The number of carbonyl (C=O) groups is 3. The van der Waals surface area contributed by atoms with Gasteiger partial charge < -0.3 is 15.5 Å². The first-order chi connectivity index (χ1) is 12.8. The minimum absolute atomic E-state index is 0.201. The van der Waals surface area contributed by atoms with E-state index in [1.165, 1.54) is 19.4 Å². The number of benzene rings is 2. The Hall–Kier alpha value is -3.15. The van der Waals surface area contributed by atoms with E-state index < -0.39 is 0 Å². The summed E-state index contributed by atoms with van der Waals surface area (Å²) in [6.07, 6.45) is 0.969. The molecule has 2 aromatic rings. The first-order valence-electron chi connectivity index (χ1n) is 8.82. The van der Waals surface area contributed by atoms with Crippen molar-refractivity contribution in [1.29, 1.82) is 0 Å². The number of aryl methyl sites for hydroxylation is 1. The highest BCUT2D eigenvalue weighted by molar-refractivity contribution is 5.99. The number of carbonyl (C=O) groups excluding carboxylic acids is 3. The van der Waals surface area contributed by atoms with Gasteiger partial charge in [0.05, 0.1) is 0 Å². The number of rotatable bonds is 6. The Morgan fingerprint density at radius 3 is 1.78 bits per heavy atom. The second-order valence-corrected chi connectivity index (χ2v) is 6.49. The van der Waals surface area contributed by atoms with Gasteiger partial charge >= 0.3 is 0 Å². The van der Waals surface area contributed by atoms with E-state index in [0.29, 0.717) is 23.5 Å². The molecular formula is C21H25N3O3. The summed E-state index contributed by atoms with van der Waals surface area (Å²) in [4.78, 5) is 37.2. The minimum atomic E-state index is -0.252. The fourth-order valence-electron chi connectivity index (χ4n) is 2.75. The van der Waals surface area contributed by atoms with E-state index in [1.54, 1.807) is 30.1 Å². The van der Waals surface area contributed by atoms with E-state index in [2.05, 4.69) is 29.7 Å². The quantitative estimate of drug-likeness (QED) is 0.821.